The highest BCUT2D eigenvalue weighted by atomic mass is 32.1. The molecule has 0 spiro atoms. The van der Waals surface area contributed by atoms with E-state index in [1.165, 1.54) is 11.3 Å². The van der Waals surface area contributed by atoms with Crippen LogP contribution < -0.4 is 0 Å². The number of aliphatic carboxylic acids is 1. The van der Waals surface area contributed by atoms with Gasteiger partial charge in [-0.15, -0.1) is 11.3 Å². The van der Waals surface area contributed by atoms with E-state index in [0.29, 0.717) is 18.0 Å². The molecule has 1 N–H and O–H groups in total. The number of hydrogen-bond acceptors (Lipinski definition) is 3. The maximum absolute atomic E-state index is 12.0. The van der Waals surface area contributed by atoms with E-state index in [1.807, 2.05) is 18.4 Å². The zero-order valence-corrected chi connectivity index (χ0v) is 9.74. The van der Waals surface area contributed by atoms with Crippen molar-refractivity contribution in [3.8, 4) is 0 Å². The first-order chi connectivity index (χ1) is 7.59. The van der Waals surface area contributed by atoms with Crippen LogP contribution in [0.5, 0.6) is 0 Å². The number of carboxylic acid groups (broad SMARTS) is 1. The molecule has 0 radical (unpaired) electrons. The van der Waals surface area contributed by atoms with Crippen LogP contribution in [0.25, 0.3) is 0 Å². The van der Waals surface area contributed by atoms with Crippen LogP contribution in [-0.2, 0) is 4.79 Å². The number of hydrogen-bond donors (Lipinski definition) is 1. The molecular weight excluding hydrogens is 226 g/mol. The van der Waals surface area contributed by atoms with Crippen molar-refractivity contribution >= 4 is 23.2 Å². The van der Waals surface area contributed by atoms with Crippen LogP contribution in [-0.4, -0.2) is 35.0 Å². The number of thiophene rings is 1. The first-order valence-electron chi connectivity index (χ1n) is 5.15. The Labute approximate surface area is 97.5 Å². The van der Waals surface area contributed by atoms with Gasteiger partial charge in [0.05, 0.1) is 10.8 Å². The molecular formula is C11H13NO3S. The van der Waals surface area contributed by atoms with Gasteiger partial charge in [-0.3, -0.25) is 9.59 Å². The summed E-state index contributed by atoms with van der Waals surface area (Å²) in [6.07, 6.45) is 0. The molecule has 0 aliphatic carbocycles. The van der Waals surface area contributed by atoms with Crippen molar-refractivity contribution < 1.29 is 14.7 Å². The van der Waals surface area contributed by atoms with Crippen LogP contribution in [0.15, 0.2) is 17.5 Å². The zero-order valence-electron chi connectivity index (χ0n) is 8.92. The highest BCUT2D eigenvalue weighted by molar-refractivity contribution is 7.12. The van der Waals surface area contributed by atoms with Crippen LogP contribution in [0.2, 0.25) is 0 Å². The molecule has 4 nitrogen and oxygen atoms in total. The summed E-state index contributed by atoms with van der Waals surface area (Å²) in [4.78, 5) is 25.2. The minimum absolute atomic E-state index is 0.0291. The predicted molar refractivity (Wildman–Crippen MR) is 60.5 cm³/mol. The molecule has 1 aromatic rings. The maximum atomic E-state index is 12.0. The van der Waals surface area contributed by atoms with Crippen LogP contribution in [0.3, 0.4) is 0 Å². The van der Waals surface area contributed by atoms with Gasteiger partial charge in [0, 0.05) is 13.1 Å². The SMILES string of the molecule is C[C@@H]1CN(C(=O)c2cccs2)C[C@H]1C(=O)O. The Morgan fingerprint density at radius 3 is 2.75 bits per heavy atom. The quantitative estimate of drug-likeness (QED) is 0.851. The number of carboxylic acids is 1. The Hall–Kier alpha value is -1.36. The highest BCUT2D eigenvalue weighted by Gasteiger charge is 2.37. The van der Waals surface area contributed by atoms with E-state index in [2.05, 4.69) is 0 Å². The van der Waals surface area contributed by atoms with Crippen LogP contribution in [0.1, 0.15) is 16.6 Å². The second-order valence-electron chi connectivity index (χ2n) is 4.11. The standard InChI is InChI=1S/C11H13NO3S/c1-7-5-12(6-8(7)11(14)15)10(13)9-3-2-4-16-9/h2-4,7-8H,5-6H2,1H3,(H,14,15)/t7-,8-/m1/s1. The minimum atomic E-state index is -0.811. The van der Waals surface area contributed by atoms with E-state index in [1.54, 1.807) is 11.0 Å². The van der Waals surface area contributed by atoms with E-state index >= 15 is 0 Å². The molecule has 1 fully saturated rings. The van der Waals surface area contributed by atoms with E-state index in [4.69, 9.17) is 5.11 Å². The van der Waals surface area contributed by atoms with Crippen molar-refractivity contribution in [2.45, 2.75) is 6.92 Å². The van der Waals surface area contributed by atoms with Crippen molar-refractivity contribution in [3.05, 3.63) is 22.4 Å². The van der Waals surface area contributed by atoms with Crippen molar-refractivity contribution in [2.24, 2.45) is 11.8 Å². The first-order valence-corrected chi connectivity index (χ1v) is 6.03. The molecule has 1 aromatic heterocycles. The molecule has 16 heavy (non-hydrogen) atoms. The summed E-state index contributed by atoms with van der Waals surface area (Å²) in [6, 6.07) is 3.60. The van der Waals surface area contributed by atoms with Gasteiger partial charge in [-0.05, 0) is 17.4 Å². The molecule has 0 saturated carbocycles. The Kier molecular flexibility index (Phi) is 2.96. The topological polar surface area (TPSA) is 57.6 Å². The number of likely N-dealkylation sites (tertiary alicyclic amines) is 1. The van der Waals surface area contributed by atoms with E-state index in [0.717, 1.165) is 0 Å². The third kappa shape index (κ3) is 1.95. The molecule has 1 aliphatic heterocycles. The van der Waals surface area contributed by atoms with Gasteiger partial charge < -0.3 is 10.0 Å². The molecule has 2 rings (SSSR count). The normalized spacial score (nSPS) is 24.7. The molecule has 2 atom stereocenters. The summed E-state index contributed by atoms with van der Waals surface area (Å²) in [7, 11) is 0. The lowest BCUT2D eigenvalue weighted by Gasteiger charge is -2.14. The predicted octanol–water partition coefficient (Wildman–Crippen LogP) is 1.54. The van der Waals surface area contributed by atoms with Gasteiger partial charge in [-0.1, -0.05) is 13.0 Å². The fourth-order valence-corrected chi connectivity index (χ4v) is 2.70. The van der Waals surface area contributed by atoms with Crippen LogP contribution >= 0.6 is 11.3 Å². The lowest BCUT2D eigenvalue weighted by Crippen LogP contribution is -2.29. The Bertz CT molecular complexity index is 401. The van der Waals surface area contributed by atoms with Gasteiger partial charge in [0.25, 0.3) is 5.91 Å². The lowest BCUT2D eigenvalue weighted by atomic mass is 9.99. The average Bonchev–Trinajstić information content (AvgIpc) is 2.84. The Balaban J connectivity index is 2.09. The Morgan fingerprint density at radius 2 is 2.25 bits per heavy atom. The summed E-state index contributed by atoms with van der Waals surface area (Å²) in [6.45, 7) is 2.74. The fraction of sp³-hybridized carbons (Fsp3) is 0.455. The third-order valence-corrected chi connectivity index (χ3v) is 3.81. The summed E-state index contributed by atoms with van der Waals surface area (Å²) >= 11 is 1.39. The molecule has 1 saturated heterocycles. The molecule has 2 heterocycles. The lowest BCUT2D eigenvalue weighted by molar-refractivity contribution is -0.142. The van der Waals surface area contributed by atoms with Gasteiger partial charge in [0.1, 0.15) is 0 Å². The van der Waals surface area contributed by atoms with Gasteiger partial charge in [0.2, 0.25) is 0 Å². The van der Waals surface area contributed by atoms with E-state index in [9.17, 15) is 9.59 Å². The number of amides is 1. The number of rotatable bonds is 2. The van der Waals surface area contributed by atoms with Gasteiger partial charge in [0.15, 0.2) is 0 Å². The van der Waals surface area contributed by atoms with Crippen molar-refractivity contribution in [1.29, 1.82) is 0 Å². The smallest absolute Gasteiger partial charge is 0.308 e. The second kappa shape index (κ2) is 4.25. The maximum Gasteiger partial charge on any atom is 0.308 e. The first kappa shape index (κ1) is 11.1. The zero-order chi connectivity index (χ0) is 11.7. The van der Waals surface area contributed by atoms with Gasteiger partial charge in [-0.25, -0.2) is 0 Å². The molecule has 0 aromatic carbocycles. The summed E-state index contributed by atoms with van der Waals surface area (Å²) in [5, 5.41) is 10.8. The summed E-state index contributed by atoms with van der Waals surface area (Å²) < 4.78 is 0. The second-order valence-corrected chi connectivity index (χ2v) is 5.06. The van der Waals surface area contributed by atoms with E-state index in [-0.39, 0.29) is 11.8 Å². The monoisotopic (exact) mass is 239 g/mol. The third-order valence-electron chi connectivity index (χ3n) is 2.95. The van der Waals surface area contributed by atoms with Gasteiger partial charge >= 0.3 is 5.97 Å². The average molecular weight is 239 g/mol. The van der Waals surface area contributed by atoms with Crippen molar-refractivity contribution in [1.82, 2.24) is 4.90 Å². The van der Waals surface area contributed by atoms with Crippen molar-refractivity contribution in [2.75, 3.05) is 13.1 Å². The molecule has 1 aliphatic rings. The molecule has 86 valence electrons. The van der Waals surface area contributed by atoms with Crippen LogP contribution in [0, 0.1) is 11.8 Å². The molecule has 5 heteroatoms. The summed E-state index contributed by atoms with van der Waals surface area (Å²) in [5.41, 5.74) is 0. The fourth-order valence-electron chi connectivity index (χ4n) is 2.01. The van der Waals surface area contributed by atoms with E-state index < -0.39 is 11.9 Å². The van der Waals surface area contributed by atoms with Crippen molar-refractivity contribution in [3.63, 3.8) is 0 Å². The van der Waals surface area contributed by atoms with Crippen LogP contribution in [0.4, 0.5) is 0 Å². The molecule has 1 amide bonds. The number of nitrogens with zero attached hydrogens (tertiary/aromatic N) is 1. The summed E-state index contributed by atoms with van der Waals surface area (Å²) in [5.74, 6) is -1.26. The Morgan fingerprint density at radius 1 is 1.50 bits per heavy atom. The molecule has 0 bridgehead atoms. The molecule has 0 unspecified atom stereocenters. The minimum Gasteiger partial charge on any atom is -0.481 e. The number of carbonyl (C=O) groups excluding carboxylic acids is 1. The largest absolute Gasteiger partial charge is 0.481 e. The number of carbonyl (C=O) groups is 2. The van der Waals surface area contributed by atoms with Gasteiger partial charge in [-0.2, -0.15) is 0 Å². The highest BCUT2D eigenvalue weighted by Crippen LogP contribution is 2.25.